The molecule has 112 valence electrons. The van der Waals surface area contributed by atoms with Crippen molar-refractivity contribution in [1.82, 2.24) is 24.7 Å². The number of nitrogens with zero attached hydrogens (tertiary/aromatic N) is 6. The summed E-state index contributed by atoms with van der Waals surface area (Å²) in [5.74, 6) is 1.91. The monoisotopic (exact) mass is 287 g/mol. The Labute approximate surface area is 124 Å². The van der Waals surface area contributed by atoms with Gasteiger partial charge in [-0.05, 0) is 32.3 Å². The quantitative estimate of drug-likeness (QED) is 0.905. The summed E-state index contributed by atoms with van der Waals surface area (Å²) in [6, 6.07) is 2.38. The van der Waals surface area contributed by atoms with E-state index in [9.17, 15) is 0 Å². The van der Waals surface area contributed by atoms with Crippen molar-refractivity contribution >= 4 is 11.9 Å². The topological polar surface area (TPSA) is 71.8 Å². The molecule has 2 aromatic rings. The van der Waals surface area contributed by atoms with Crippen LogP contribution in [0, 0.1) is 0 Å². The van der Waals surface area contributed by atoms with Crippen LogP contribution in [0.15, 0.2) is 18.5 Å². The van der Waals surface area contributed by atoms with Crippen LogP contribution in [0.25, 0.3) is 5.95 Å². The molecule has 1 saturated heterocycles. The molecule has 0 bridgehead atoms. The van der Waals surface area contributed by atoms with E-state index in [1.165, 1.54) is 12.8 Å². The normalized spacial score (nSPS) is 18.2. The average Bonchev–Trinajstić information content (AvgIpc) is 3.18. The highest BCUT2D eigenvalue weighted by molar-refractivity contribution is 5.41. The largest absolute Gasteiger partial charge is 0.354 e. The van der Waals surface area contributed by atoms with Crippen molar-refractivity contribution < 1.29 is 0 Å². The first-order valence-corrected chi connectivity index (χ1v) is 7.58. The fourth-order valence-corrected chi connectivity index (χ4v) is 2.73. The second-order valence-corrected chi connectivity index (χ2v) is 5.14. The summed E-state index contributed by atoms with van der Waals surface area (Å²) in [6.45, 7) is 6.03. The van der Waals surface area contributed by atoms with Crippen LogP contribution in [0.5, 0.6) is 0 Å². The zero-order chi connectivity index (χ0) is 14.7. The second kappa shape index (κ2) is 6.07. The number of nitrogens with one attached hydrogen (secondary N) is 1. The Kier molecular flexibility index (Phi) is 3.98. The van der Waals surface area contributed by atoms with Gasteiger partial charge in [-0.2, -0.15) is 20.1 Å². The number of rotatable bonds is 5. The Balaban J connectivity index is 1.99. The van der Waals surface area contributed by atoms with Gasteiger partial charge in [0.25, 0.3) is 5.95 Å². The molecule has 1 N–H and O–H groups in total. The zero-order valence-electron chi connectivity index (χ0n) is 12.5. The third-order valence-electron chi connectivity index (χ3n) is 3.76. The maximum atomic E-state index is 4.60. The smallest absolute Gasteiger partial charge is 0.257 e. The summed E-state index contributed by atoms with van der Waals surface area (Å²) in [5, 5.41) is 7.39. The van der Waals surface area contributed by atoms with Crippen molar-refractivity contribution in [3.8, 4) is 5.95 Å². The first kappa shape index (κ1) is 13.8. The van der Waals surface area contributed by atoms with Gasteiger partial charge in [-0.3, -0.25) is 0 Å². The fraction of sp³-hybridized carbons (Fsp3) is 0.571. The van der Waals surface area contributed by atoms with Crippen LogP contribution in [0.4, 0.5) is 11.9 Å². The van der Waals surface area contributed by atoms with E-state index >= 15 is 0 Å². The van der Waals surface area contributed by atoms with Crippen LogP contribution in [0.1, 0.15) is 33.1 Å². The molecular formula is C14H21N7. The van der Waals surface area contributed by atoms with E-state index in [-0.39, 0.29) is 0 Å². The van der Waals surface area contributed by atoms with Gasteiger partial charge >= 0.3 is 0 Å². The maximum absolute atomic E-state index is 4.60. The first-order valence-electron chi connectivity index (χ1n) is 7.58. The highest BCUT2D eigenvalue weighted by atomic mass is 15.4. The third-order valence-corrected chi connectivity index (χ3v) is 3.76. The summed E-state index contributed by atoms with van der Waals surface area (Å²) in [6.07, 6.45) is 7.07. The average molecular weight is 287 g/mol. The van der Waals surface area contributed by atoms with Gasteiger partial charge in [0.2, 0.25) is 11.9 Å². The van der Waals surface area contributed by atoms with Crippen molar-refractivity contribution in [2.75, 3.05) is 23.3 Å². The number of hydrogen-bond donors (Lipinski definition) is 1. The van der Waals surface area contributed by atoms with Gasteiger partial charge in [0, 0.05) is 31.5 Å². The van der Waals surface area contributed by atoms with Crippen molar-refractivity contribution in [2.45, 2.75) is 39.2 Å². The number of anilines is 2. The molecular weight excluding hydrogens is 266 g/mol. The van der Waals surface area contributed by atoms with Crippen LogP contribution in [-0.2, 0) is 0 Å². The van der Waals surface area contributed by atoms with Gasteiger partial charge < -0.3 is 10.2 Å². The van der Waals surface area contributed by atoms with E-state index in [0.29, 0.717) is 17.9 Å². The lowest BCUT2D eigenvalue weighted by atomic mass is 10.2. The van der Waals surface area contributed by atoms with Crippen LogP contribution in [0.3, 0.4) is 0 Å². The molecule has 1 atom stereocenters. The molecule has 7 heteroatoms. The molecule has 1 unspecified atom stereocenters. The molecule has 3 heterocycles. The minimum atomic E-state index is 0.521. The van der Waals surface area contributed by atoms with E-state index in [4.69, 9.17) is 0 Å². The van der Waals surface area contributed by atoms with Gasteiger partial charge in [-0.1, -0.05) is 6.92 Å². The predicted molar refractivity (Wildman–Crippen MR) is 81.8 cm³/mol. The Hall–Kier alpha value is -2.18. The fourth-order valence-electron chi connectivity index (χ4n) is 2.73. The number of hydrogen-bond acceptors (Lipinski definition) is 6. The van der Waals surface area contributed by atoms with E-state index < -0.39 is 0 Å². The highest BCUT2D eigenvalue weighted by Crippen LogP contribution is 2.25. The molecule has 21 heavy (non-hydrogen) atoms. The van der Waals surface area contributed by atoms with Gasteiger partial charge in [-0.25, -0.2) is 4.68 Å². The van der Waals surface area contributed by atoms with E-state index in [1.807, 2.05) is 19.2 Å². The molecule has 0 aromatic carbocycles. The number of aromatic nitrogens is 5. The van der Waals surface area contributed by atoms with Gasteiger partial charge in [0.1, 0.15) is 0 Å². The van der Waals surface area contributed by atoms with E-state index in [1.54, 1.807) is 10.9 Å². The third kappa shape index (κ3) is 2.81. The molecule has 1 fully saturated rings. The summed E-state index contributed by atoms with van der Waals surface area (Å²) in [7, 11) is 0. The lowest BCUT2D eigenvalue weighted by molar-refractivity contribution is 0.630. The molecule has 7 nitrogen and oxygen atoms in total. The van der Waals surface area contributed by atoms with Crippen molar-refractivity contribution in [3.63, 3.8) is 0 Å². The van der Waals surface area contributed by atoms with Crippen LogP contribution in [0.2, 0.25) is 0 Å². The highest BCUT2D eigenvalue weighted by Gasteiger charge is 2.26. The summed E-state index contributed by atoms with van der Waals surface area (Å²) in [5.41, 5.74) is 0. The minimum absolute atomic E-state index is 0.521. The summed E-state index contributed by atoms with van der Waals surface area (Å²) in [4.78, 5) is 15.9. The SMILES string of the molecule is CCNc1nc(N2CCCC2CC)nc(-n2cccn2)n1. The molecule has 0 spiro atoms. The molecule has 3 rings (SSSR count). The van der Waals surface area contributed by atoms with Crippen molar-refractivity contribution in [3.05, 3.63) is 18.5 Å². The zero-order valence-corrected chi connectivity index (χ0v) is 12.5. The summed E-state index contributed by atoms with van der Waals surface area (Å²) >= 11 is 0. The molecule has 1 aliphatic heterocycles. The molecule has 2 aromatic heterocycles. The van der Waals surface area contributed by atoms with Crippen LogP contribution < -0.4 is 10.2 Å². The van der Waals surface area contributed by atoms with Crippen molar-refractivity contribution in [2.24, 2.45) is 0 Å². The molecule has 0 radical (unpaired) electrons. The Bertz CT molecular complexity index is 581. The predicted octanol–water partition coefficient (Wildman–Crippen LogP) is 1.87. The van der Waals surface area contributed by atoms with Crippen LogP contribution >= 0.6 is 0 Å². The van der Waals surface area contributed by atoms with Gasteiger partial charge in [0.15, 0.2) is 0 Å². The molecule has 0 saturated carbocycles. The summed E-state index contributed by atoms with van der Waals surface area (Å²) < 4.78 is 1.67. The molecule has 0 aliphatic carbocycles. The Morgan fingerprint density at radius 1 is 1.24 bits per heavy atom. The Morgan fingerprint density at radius 2 is 2.10 bits per heavy atom. The standard InChI is InChI=1S/C14H21N7/c1-3-11-7-5-9-20(11)13-17-12(15-4-2)18-14(19-13)21-10-6-8-16-21/h6,8,10-11H,3-5,7,9H2,1-2H3,(H,15,17,18,19). The Morgan fingerprint density at radius 3 is 2.81 bits per heavy atom. The van der Waals surface area contributed by atoms with Crippen molar-refractivity contribution in [1.29, 1.82) is 0 Å². The van der Waals surface area contributed by atoms with Gasteiger partial charge in [-0.15, -0.1) is 0 Å². The molecule has 1 aliphatic rings. The van der Waals surface area contributed by atoms with E-state index in [2.05, 4.69) is 37.2 Å². The van der Waals surface area contributed by atoms with Crippen LogP contribution in [-0.4, -0.2) is 43.9 Å². The molecule has 0 amide bonds. The lowest BCUT2D eigenvalue weighted by Crippen LogP contribution is -2.31. The minimum Gasteiger partial charge on any atom is -0.354 e. The van der Waals surface area contributed by atoms with Gasteiger partial charge in [0.05, 0.1) is 0 Å². The first-order chi connectivity index (χ1) is 10.3. The maximum Gasteiger partial charge on any atom is 0.257 e. The lowest BCUT2D eigenvalue weighted by Gasteiger charge is -2.24. The second-order valence-electron chi connectivity index (χ2n) is 5.14. The van der Waals surface area contributed by atoms with E-state index in [0.717, 1.165) is 25.5 Å².